The van der Waals surface area contributed by atoms with Crippen LogP contribution in [0.25, 0.3) is 21.5 Å². The summed E-state index contributed by atoms with van der Waals surface area (Å²) >= 11 is 0. The zero-order valence-electron chi connectivity index (χ0n) is 16.6. The zero-order valence-corrected chi connectivity index (χ0v) is 16.6. The van der Waals surface area contributed by atoms with Gasteiger partial charge in [0.15, 0.2) is 0 Å². The van der Waals surface area contributed by atoms with Gasteiger partial charge in [0.1, 0.15) is 12.4 Å². The molecule has 29 heavy (non-hydrogen) atoms. The normalized spacial score (nSPS) is 19.5. The van der Waals surface area contributed by atoms with Crippen molar-refractivity contribution in [2.75, 3.05) is 0 Å². The van der Waals surface area contributed by atoms with Gasteiger partial charge < -0.3 is 9.84 Å². The fourth-order valence-electron chi connectivity index (χ4n) is 4.75. The van der Waals surface area contributed by atoms with Crippen LogP contribution in [0.1, 0.15) is 42.7 Å². The Kier molecular flexibility index (Phi) is 4.95. The number of benzene rings is 4. The van der Waals surface area contributed by atoms with E-state index in [2.05, 4.69) is 66.7 Å². The van der Waals surface area contributed by atoms with E-state index in [1.165, 1.54) is 39.1 Å². The SMILES string of the molecule is O[C@H]1CCCC[C@@H]1c1cccc(OCc2c3ccccc3cc3ccccc23)c1. The summed E-state index contributed by atoms with van der Waals surface area (Å²) in [7, 11) is 0. The molecule has 0 bridgehead atoms. The van der Waals surface area contributed by atoms with Gasteiger partial charge in [0, 0.05) is 11.5 Å². The second-order valence-electron chi connectivity index (χ2n) is 8.12. The van der Waals surface area contributed by atoms with Crippen LogP contribution in [-0.4, -0.2) is 11.2 Å². The minimum Gasteiger partial charge on any atom is -0.489 e. The van der Waals surface area contributed by atoms with E-state index in [1.807, 2.05) is 12.1 Å². The molecule has 2 atom stereocenters. The number of rotatable bonds is 4. The van der Waals surface area contributed by atoms with Crippen LogP contribution < -0.4 is 4.74 Å². The molecule has 0 heterocycles. The van der Waals surface area contributed by atoms with Crippen molar-refractivity contribution in [1.82, 2.24) is 0 Å². The van der Waals surface area contributed by atoms with Gasteiger partial charge in [-0.05, 0) is 58.1 Å². The summed E-state index contributed by atoms with van der Waals surface area (Å²) in [6.45, 7) is 0.526. The van der Waals surface area contributed by atoms with Crippen molar-refractivity contribution >= 4 is 21.5 Å². The van der Waals surface area contributed by atoms with Crippen molar-refractivity contribution in [3.63, 3.8) is 0 Å². The maximum atomic E-state index is 10.4. The highest BCUT2D eigenvalue weighted by atomic mass is 16.5. The molecule has 0 radical (unpaired) electrons. The highest BCUT2D eigenvalue weighted by Gasteiger charge is 2.24. The number of aliphatic hydroxyl groups excluding tert-OH is 1. The van der Waals surface area contributed by atoms with Gasteiger partial charge in [-0.2, -0.15) is 0 Å². The highest BCUT2D eigenvalue weighted by molar-refractivity contribution is 6.02. The third-order valence-corrected chi connectivity index (χ3v) is 6.28. The minimum atomic E-state index is -0.235. The lowest BCUT2D eigenvalue weighted by molar-refractivity contribution is 0.106. The largest absolute Gasteiger partial charge is 0.489 e. The molecule has 1 N–H and O–H groups in total. The third-order valence-electron chi connectivity index (χ3n) is 6.28. The fraction of sp³-hybridized carbons (Fsp3) is 0.259. The van der Waals surface area contributed by atoms with E-state index in [0.29, 0.717) is 6.61 Å². The maximum absolute atomic E-state index is 10.4. The summed E-state index contributed by atoms with van der Waals surface area (Å²) in [6.07, 6.45) is 4.04. The highest BCUT2D eigenvalue weighted by Crippen LogP contribution is 2.35. The van der Waals surface area contributed by atoms with Gasteiger partial charge in [-0.25, -0.2) is 0 Å². The van der Waals surface area contributed by atoms with Crippen molar-refractivity contribution in [3.05, 3.63) is 90.0 Å². The molecule has 0 aromatic heterocycles. The monoisotopic (exact) mass is 382 g/mol. The molecule has 0 aliphatic heterocycles. The maximum Gasteiger partial charge on any atom is 0.120 e. The van der Waals surface area contributed by atoms with Crippen LogP contribution in [0.15, 0.2) is 78.9 Å². The lowest BCUT2D eigenvalue weighted by atomic mass is 9.82. The molecule has 2 nitrogen and oxygen atoms in total. The number of ether oxygens (including phenoxy) is 1. The molecule has 4 aromatic rings. The van der Waals surface area contributed by atoms with Gasteiger partial charge in [0.2, 0.25) is 0 Å². The fourth-order valence-corrected chi connectivity index (χ4v) is 4.75. The predicted molar refractivity (Wildman–Crippen MR) is 119 cm³/mol. The van der Waals surface area contributed by atoms with Crippen molar-refractivity contribution in [2.45, 2.75) is 44.3 Å². The van der Waals surface area contributed by atoms with E-state index in [4.69, 9.17) is 4.74 Å². The summed E-state index contributed by atoms with van der Waals surface area (Å²) in [6, 6.07) is 27.6. The topological polar surface area (TPSA) is 29.5 Å². The van der Waals surface area contributed by atoms with Crippen molar-refractivity contribution in [1.29, 1.82) is 0 Å². The smallest absolute Gasteiger partial charge is 0.120 e. The van der Waals surface area contributed by atoms with Gasteiger partial charge in [0.05, 0.1) is 6.10 Å². The first-order valence-corrected chi connectivity index (χ1v) is 10.6. The molecule has 1 saturated carbocycles. The molecule has 1 fully saturated rings. The molecule has 146 valence electrons. The van der Waals surface area contributed by atoms with Gasteiger partial charge in [-0.3, -0.25) is 0 Å². The van der Waals surface area contributed by atoms with Crippen LogP contribution in [0.2, 0.25) is 0 Å². The van der Waals surface area contributed by atoms with Crippen LogP contribution in [0.5, 0.6) is 5.75 Å². The van der Waals surface area contributed by atoms with E-state index < -0.39 is 0 Å². The zero-order chi connectivity index (χ0) is 19.6. The quantitative estimate of drug-likeness (QED) is 0.403. The molecule has 2 heteroatoms. The van der Waals surface area contributed by atoms with Crippen LogP contribution in [0.4, 0.5) is 0 Å². The molecule has 0 spiro atoms. The molecule has 0 amide bonds. The summed E-state index contributed by atoms with van der Waals surface area (Å²) in [5.74, 6) is 1.10. The Bertz CT molecular complexity index is 1090. The van der Waals surface area contributed by atoms with E-state index in [1.54, 1.807) is 0 Å². The second kappa shape index (κ2) is 7.88. The lowest BCUT2D eigenvalue weighted by Gasteiger charge is -2.28. The Morgan fingerprint density at radius 2 is 1.45 bits per heavy atom. The Balaban J connectivity index is 1.47. The molecule has 1 aliphatic rings. The standard InChI is InChI=1S/C27H26O2/c28-27-15-6-5-14-25(27)21-10-7-11-22(17-21)29-18-26-23-12-3-1-8-19(23)16-20-9-2-4-13-24(20)26/h1-4,7-13,16-17,25,27-28H,5-6,14-15,18H2/t25-,27+/m1/s1. The average molecular weight is 383 g/mol. The van der Waals surface area contributed by atoms with Gasteiger partial charge >= 0.3 is 0 Å². The van der Waals surface area contributed by atoms with Gasteiger partial charge in [-0.1, -0.05) is 73.5 Å². The molecular formula is C27H26O2. The summed E-state index contributed by atoms with van der Waals surface area (Å²) in [5.41, 5.74) is 2.42. The van der Waals surface area contributed by atoms with Crippen LogP contribution in [0, 0.1) is 0 Å². The van der Waals surface area contributed by atoms with Crippen molar-refractivity contribution in [3.8, 4) is 5.75 Å². The van der Waals surface area contributed by atoms with E-state index >= 15 is 0 Å². The van der Waals surface area contributed by atoms with Crippen LogP contribution in [-0.2, 0) is 6.61 Å². The number of aliphatic hydroxyl groups is 1. The van der Waals surface area contributed by atoms with E-state index in [0.717, 1.165) is 25.0 Å². The second-order valence-corrected chi connectivity index (χ2v) is 8.12. The Morgan fingerprint density at radius 1 is 0.759 bits per heavy atom. The third kappa shape index (κ3) is 3.61. The Labute approximate surface area is 171 Å². The molecular weight excluding hydrogens is 356 g/mol. The summed E-state index contributed by atoms with van der Waals surface area (Å²) in [5, 5.41) is 15.4. The van der Waals surface area contributed by atoms with E-state index in [-0.39, 0.29) is 12.0 Å². The van der Waals surface area contributed by atoms with Crippen molar-refractivity contribution in [2.24, 2.45) is 0 Å². The van der Waals surface area contributed by atoms with E-state index in [9.17, 15) is 5.11 Å². The lowest BCUT2D eigenvalue weighted by Crippen LogP contribution is -2.22. The van der Waals surface area contributed by atoms with Gasteiger partial charge in [0.25, 0.3) is 0 Å². The first-order chi connectivity index (χ1) is 14.3. The number of hydrogen-bond donors (Lipinski definition) is 1. The molecule has 0 saturated heterocycles. The average Bonchev–Trinajstić information content (AvgIpc) is 2.77. The van der Waals surface area contributed by atoms with Crippen LogP contribution in [0.3, 0.4) is 0 Å². The summed E-state index contributed by atoms with van der Waals surface area (Å²) in [4.78, 5) is 0. The minimum absolute atomic E-state index is 0.227. The van der Waals surface area contributed by atoms with Crippen LogP contribution >= 0.6 is 0 Å². The molecule has 5 rings (SSSR count). The van der Waals surface area contributed by atoms with Crippen molar-refractivity contribution < 1.29 is 9.84 Å². The Morgan fingerprint density at radius 3 is 2.17 bits per heavy atom. The molecule has 4 aromatic carbocycles. The predicted octanol–water partition coefficient (Wildman–Crippen LogP) is 6.59. The molecule has 0 unspecified atom stereocenters. The number of fused-ring (bicyclic) bond motifs is 2. The summed E-state index contributed by atoms with van der Waals surface area (Å²) < 4.78 is 6.29. The first kappa shape index (κ1) is 18.2. The Hall–Kier alpha value is -2.84. The first-order valence-electron chi connectivity index (χ1n) is 10.6. The molecule has 1 aliphatic carbocycles. The van der Waals surface area contributed by atoms with Gasteiger partial charge in [-0.15, -0.1) is 0 Å². The number of hydrogen-bond acceptors (Lipinski definition) is 2.